The zero-order chi connectivity index (χ0) is 17.3. The molecule has 3 aromatic rings. The summed E-state index contributed by atoms with van der Waals surface area (Å²) in [6.07, 6.45) is 5.41. The summed E-state index contributed by atoms with van der Waals surface area (Å²) in [6, 6.07) is 5.84. The van der Waals surface area contributed by atoms with Crippen molar-refractivity contribution in [2.75, 3.05) is 0 Å². The molecule has 0 atom stereocenters. The number of pyridine rings is 2. The molecule has 3 heterocycles. The number of aromatic nitrogens is 4. The van der Waals surface area contributed by atoms with Crippen molar-refractivity contribution in [2.24, 2.45) is 0 Å². The monoisotopic (exact) mass is 384 g/mol. The van der Waals surface area contributed by atoms with Crippen molar-refractivity contribution in [1.29, 1.82) is 0 Å². The van der Waals surface area contributed by atoms with Crippen LogP contribution in [0.25, 0.3) is 5.82 Å². The average Bonchev–Trinajstić information content (AvgIpc) is 2.93. The summed E-state index contributed by atoms with van der Waals surface area (Å²) in [7, 11) is 0. The summed E-state index contributed by atoms with van der Waals surface area (Å²) >= 11 is 3.37. The van der Waals surface area contributed by atoms with E-state index < -0.39 is 0 Å². The van der Waals surface area contributed by atoms with Gasteiger partial charge in [-0.05, 0) is 59.5 Å². The maximum atomic E-state index is 12.6. The molecule has 122 valence electrons. The zero-order valence-corrected chi connectivity index (χ0v) is 15.3. The van der Waals surface area contributed by atoms with Crippen LogP contribution in [0.4, 0.5) is 0 Å². The molecular weight excluding hydrogens is 368 g/mol. The summed E-state index contributed by atoms with van der Waals surface area (Å²) in [5.74, 6) is 0.729. The summed E-state index contributed by atoms with van der Waals surface area (Å²) in [5, 5.41) is 4.32. The molecule has 0 aromatic carbocycles. The van der Waals surface area contributed by atoms with Crippen LogP contribution in [0, 0.1) is 20.8 Å². The fourth-order valence-corrected chi connectivity index (χ4v) is 2.71. The zero-order valence-electron chi connectivity index (χ0n) is 13.7. The standard InChI is InChI=1S/C18H17BrN4O/c1-11-4-5-17(20-8-11)23-13(3)15(10-22-23)16(24)7-14-6-12(2)18(19)21-9-14/h4-6,8-10H,7H2,1-3H3. The number of ketones is 1. The Balaban J connectivity index is 1.85. The molecule has 0 fully saturated rings. The van der Waals surface area contributed by atoms with Crippen LogP contribution in [0.3, 0.4) is 0 Å². The number of hydrogen-bond donors (Lipinski definition) is 0. The molecule has 0 aliphatic heterocycles. The Labute approximate surface area is 148 Å². The molecule has 0 radical (unpaired) electrons. The Kier molecular flexibility index (Phi) is 4.57. The highest BCUT2D eigenvalue weighted by Gasteiger charge is 2.16. The number of rotatable bonds is 4. The topological polar surface area (TPSA) is 60.7 Å². The van der Waals surface area contributed by atoms with Gasteiger partial charge in [-0.15, -0.1) is 0 Å². The molecule has 3 rings (SSSR count). The highest BCUT2D eigenvalue weighted by molar-refractivity contribution is 9.10. The highest BCUT2D eigenvalue weighted by Crippen LogP contribution is 2.18. The van der Waals surface area contributed by atoms with Gasteiger partial charge in [0.1, 0.15) is 4.60 Å². The van der Waals surface area contributed by atoms with Crippen LogP contribution in [-0.2, 0) is 6.42 Å². The van der Waals surface area contributed by atoms with Crippen LogP contribution < -0.4 is 0 Å². The molecule has 0 aliphatic rings. The second kappa shape index (κ2) is 6.65. The molecular formula is C18H17BrN4O. The predicted octanol–water partition coefficient (Wildman–Crippen LogP) is 3.78. The van der Waals surface area contributed by atoms with E-state index in [2.05, 4.69) is 31.0 Å². The minimum absolute atomic E-state index is 0.0226. The lowest BCUT2D eigenvalue weighted by atomic mass is 10.0. The Morgan fingerprint density at radius 2 is 1.92 bits per heavy atom. The van der Waals surface area contributed by atoms with Crippen molar-refractivity contribution in [1.82, 2.24) is 19.7 Å². The lowest BCUT2D eigenvalue weighted by Crippen LogP contribution is -2.07. The third-order valence-corrected chi connectivity index (χ3v) is 4.69. The Bertz CT molecular complexity index is 900. The quantitative estimate of drug-likeness (QED) is 0.507. The highest BCUT2D eigenvalue weighted by atomic mass is 79.9. The number of aryl methyl sites for hydroxylation is 2. The number of hydrogen-bond acceptors (Lipinski definition) is 4. The summed E-state index contributed by atoms with van der Waals surface area (Å²) < 4.78 is 2.49. The molecule has 0 N–H and O–H groups in total. The molecule has 6 heteroatoms. The van der Waals surface area contributed by atoms with E-state index in [-0.39, 0.29) is 5.78 Å². The first-order valence-electron chi connectivity index (χ1n) is 7.57. The summed E-state index contributed by atoms with van der Waals surface area (Å²) in [5.41, 5.74) is 4.38. The third-order valence-electron chi connectivity index (χ3n) is 3.86. The maximum Gasteiger partial charge on any atom is 0.170 e. The molecule has 0 spiro atoms. The number of Topliss-reactive ketones (excluding diaryl/α,β-unsaturated/α-hetero) is 1. The van der Waals surface area contributed by atoms with Gasteiger partial charge in [-0.25, -0.2) is 14.6 Å². The van der Waals surface area contributed by atoms with Crippen LogP contribution in [-0.4, -0.2) is 25.5 Å². The van der Waals surface area contributed by atoms with Gasteiger partial charge in [-0.2, -0.15) is 5.10 Å². The smallest absolute Gasteiger partial charge is 0.170 e. The number of halogens is 1. The van der Waals surface area contributed by atoms with Gasteiger partial charge in [0.15, 0.2) is 11.6 Å². The van der Waals surface area contributed by atoms with Gasteiger partial charge in [-0.1, -0.05) is 12.1 Å². The SMILES string of the molecule is Cc1ccc(-n2ncc(C(=O)Cc3cnc(Br)c(C)c3)c2C)nc1. The van der Waals surface area contributed by atoms with E-state index in [0.717, 1.165) is 27.0 Å². The lowest BCUT2D eigenvalue weighted by molar-refractivity contribution is 0.0992. The van der Waals surface area contributed by atoms with Crippen molar-refractivity contribution in [3.05, 3.63) is 69.3 Å². The first-order valence-corrected chi connectivity index (χ1v) is 8.37. The van der Waals surface area contributed by atoms with Gasteiger partial charge in [-0.3, -0.25) is 4.79 Å². The third kappa shape index (κ3) is 3.28. The Hall–Kier alpha value is -2.34. The molecule has 5 nitrogen and oxygen atoms in total. The van der Waals surface area contributed by atoms with Gasteiger partial charge in [0.25, 0.3) is 0 Å². The van der Waals surface area contributed by atoms with Crippen LogP contribution in [0.2, 0.25) is 0 Å². The van der Waals surface area contributed by atoms with E-state index in [4.69, 9.17) is 0 Å². The molecule has 0 aliphatic carbocycles. The normalized spacial score (nSPS) is 10.8. The van der Waals surface area contributed by atoms with Gasteiger partial charge in [0.05, 0.1) is 17.5 Å². The van der Waals surface area contributed by atoms with Gasteiger partial charge < -0.3 is 0 Å². The maximum absolute atomic E-state index is 12.6. The van der Waals surface area contributed by atoms with Crippen LogP contribution in [0.5, 0.6) is 0 Å². The number of carbonyl (C=O) groups is 1. The van der Waals surface area contributed by atoms with E-state index in [9.17, 15) is 4.79 Å². The predicted molar refractivity (Wildman–Crippen MR) is 95.5 cm³/mol. The van der Waals surface area contributed by atoms with Crippen molar-refractivity contribution in [2.45, 2.75) is 27.2 Å². The van der Waals surface area contributed by atoms with Crippen LogP contribution >= 0.6 is 15.9 Å². The van der Waals surface area contributed by atoms with E-state index >= 15 is 0 Å². The molecule has 0 saturated heterocycles. The van der Waals surface area contributed by atoms with E-state index in [1.54, 1.807) is 23.3 Å². The number of nitrogens with zero attached hydrogens (tertiary/aromatic N) is 4. The first-order chi connectivity index (χ1) is 11.5. The summed E-state index contributed by atoms with van der Waals surface area (Å²) in [6.45, 7) is 5.82. The lowest BCUT2D eigenvalue weighted by Gasteiger charge is -2.05. The van der Waals surface area contributed by atoms with E-state index in [0.29, 0.717) is 17.8 Å². The van der Waals surface area contributed by atoms with Crippen LogP contribution in [0.15, 0.2) is 41.4 Å². The average molecular weight is 385 g/mol. The fourth-order valence-electron chi connectivity index (χ4n) is 2.49. The van der Waals surface area contributed by atoms with Gasteiger partial charge in [0.2, 0.25) is 0 Å². The van der Waals surface area contributed by atoms with E-state index in [1.807, 2.05) is 39.0 Å². The molecule has 0 bridgehead atoms. The second-order valence-electron chi connectivity index (χ2n) is 5.80. The summed E-state index contributed by atoms with van der Waals surface area (Å²) in [4.78, 5) is 21.2. The molecule has 0 amide bonds. The van der Waals surface area contributed by atoms with Crippen molar-refractivity contribution >= 4 is 21.7 Å². The van der Waals surface area contributed by atoms with Crippen molar-refractivity contribution < 1.29 is 4.79 Å². The Morgan fingerprint density at radius 1 is 1.12 bits per heavy atom. The van der Waals surface area contributed by atoms with E-state index in [1.165, 1.54) is 0 Å². The Morgan fingerprint density at radius 3 is 2.58 bits per heavy atom. The second-order valence-corrected chi connectivity index (χ2v) is 6.55. The molecule has 3 aromatic heterocycles. The molecule has 24 heavy (non-hydrogen) atoms. The largest absolute Gasteiger partial charge is 0.294 e. The molecule has 0 unspecified atom stereocenters. The minimum atomic E-state index is 0.0226. The minimum Gasteiger partial charge on any atom is -0.294 e. The van der Waals surface area contributed by atoms with Gasteiger partial charge >= 0.3 is 0 Å². The van der Waals surface area contributed by atoms with Crippen molar-refractivity contribution in [3.8, 4) is 5.82 Å². The molecule has 0 saturated carbocycles. The van der Waals surface area contributed by atoms with Crippen molar-refractivity contribution in [3.63, 3.8) is 0 Å². The first kappa shape index (κ1) is 16.5. The van der Waals surface area contributed by atoms with Crippen LogP contribution in [0.1, 0.15) is 32.7 Å². The number of carbonyl (C=O) groups excluding carboxylic acids is 1. The fraction of sp³-hybridized carbons (Fsp3) is 0.222. The van der Waals surface area contributed by atoms with Gasteiger partial charge in [0, 0.05) is 18.8 Å².